The molecule has 0 fully saturated rings. The molecule has 166 valence electrons. The summed E-state index contributed by atoms with van der Waals surface area (Å²) in [4.78, 5) is 21.4. The number of rotatable bonds is 5. The van der Waals surface area contributed by atoms with Gasteiger partial charge in [0.15, 0.2) is 9.84 Å². The molecule has 0 unspecified atom stereocenters. The van der Waals surface area contributed by atoms with Crippen LogP contribution in [0.2, 0.25) is 0 Å². The molecule has 1 N–H and O–H groups in total. The third kappa shape index (κ3) is 4.41. The number of fused-ring (bicyclic) bond motifs is 1. The van der Waals surface area contributed by atoms with E-state index < -0.39 is 31.9 Å². The van der Waals surface area contributed by atoms with E-state index in [-0.39, 0.29) is 23.3 Å². The van der Waals surface area contributed by atoms with Crippen molar-refractivity contribution < 1.29 is 21.6 Å². The molecule has 0 amide bonds. The van der Waals surface area contributed by atoms with Gasteiger partial charge >= 0.3 is 6.18 Å². The van der Waals surface area contributed by atoms with Gasteiger partial charge in [-0.2, -0.15) is 13.2 Å². The standard InChI is InChI=1S/C20H21F3N4O3S/c1-19(2,31(4,29)30)10-25-17-15-16(26-11-27(3)18(15)28)14(9-24-17)12-5-7-13(8-6-12)20(21,22)23/h5-9,11H,10H2,1-4H3,(H,24,25). The van der Waals surface area contributed by atoms with Crippen molar-refractivity contribution >= 4 is 26.6 Å². The first-order valence-electron chi connectivity index (χ1n) is 9.18. The van der Waals surface area contributed by atoms with Crippen LogP contribution in [0.1, 0.15) is 19.4 Å². The first-order valence-corrected chi connectivity index (χ1v) is 11.1. The summed E-state index contributed by atoms with van der Waals surface area (Å²) in [7, 11) is -1.89. The summed E-state index contributed by atoms with van der Waals surface area (Å²) in [6.45, 7) is 3.08. The minimum Gasteiger partial charge on any atom is -0.368 e. The molecule has 0 aliphatic heterocycles. The van der Waals surface area contributed by atoms with Gasteiger partial charge in [0.25, 0.3) is 5.56 Å². The Kier molecular flexibility index (Phi) is 5.59. The number of aromatic nitrogens is 3. The molecule has 0 aliphatic rings. The van der Waals surface area contributed by atoms with Gasteiger partial charge in [0.1, 0.15) is 11.2 Å². The van der Waals surface area contributed by atoms with Gasteiger partial charge in [0.2, 0.25) is 0 Å². The van der Waals surface area contributed by atoms with E-state index in [0.29, 0.717) is 11.1 Å². The predicted molar refractivity (Wildman–Crippen MR) is 113 cm³/mol. The normalized spacial score (nSPS) is 12.9. The summed E-state index contributed by atoms with van der Waals surface area (Å²) in [6, 6.07) is 4.47. The van der Waals surface area contributed by atoms with Gasteiger partial charge in [-0.15, -0.1) is 0 Å². The number of hydrogen-bond acceptors (Lipinski definition) is 6. The van der Waals surface area contributed by atoms with Crippen LogP contribution in [0.5, 0.6) is 0 Å². The molecule has 7 nitrogen and oxygen atoms in total. The second-order valence-electron chi connectivity index (χ2n) is 7.87. The van der Waals surface area contributed by atoms with E-state index in [2.05, 4.69) is 15.3 Å². The van der Waals surface area contributed by atoms with Gasteiger partial charge in [-0.3, -0.25) is 4.79 Å². The van der Waals surface area contributed by atoms with E-state index >= 15 is 0 Å². The maximum absolute atomic E-state index is 12.9. The van der Waals surface area contributed by atoms with E-state index in [1.54, 1.807) is 13.8 Å². The molecule has 0 spiro atoms. The SMILES string of the molecule is Cn1cnc2c(-c3ccc(C(F)(F)F)cc3)cnc(NCC(C)(C)S(C)(=O)=O)c2c1=O. The zero-order valence-electron chi connectivity index (χ0n) is 17.3. The Balaban J connectivity index is 2.13. The Morgan fingerprint density at radius 1 is 1.10 bits per heavy atom. The number of aryl methyl sites for hydroxylation is 1. The van der Waals surface area contributed by atoms with Crippen LogP contribution in [0, 0.1) is 0 Å². The summed E-state index contributed by atoms with van der Waals surface area (Å²) in [5, 5.41) is 3.04. The van der Waals surface area contributed by atoms with Gasteiger partial charge in [0, 0.05) is 31.6 Å². The Labute approximate surface area is 176 Å². The number of anilines is 1. The van der Waals surface area contributed by atoms with Gasteiger partial charge in [0.05, 0.1) is 22.2 Å². The number of halogens is 3. The fraction of sp³-hybridized carbons (Fsp3) is 0.350. The molecule has 0 aliphatic carbocycles. The number of alkyl halides is 3. The average molecular weight is 454 g/mol. The number of hydrogen-bond donors (Lipinski definition) is 1. The van der Waals surface area contributed by atoms with Crippen molar-refractivity contribution in [3.05, 3.63) is 52.7 Å². The number of nitrogens with one attached hydrogen (secondary N) is 1. The van der Waals surface area contributed by atoms with Crippen molar-refractivity contribution in [3.63, 3.8) is 0 Å². The average Bonchev–Trinajstić information content (AvgIpc) is 2.67. The quantitative estimate of drug-likeness (QED) is 0.636. The topological polar surface area (TPSA) is 93.9 Å². The minimum atomic E-state index is -4.47. The third-order valence-corrected chi connectivity index (χ3v) is 7.31. The highest BCUT2D eigenvalue weighted by molar-refractivity contribution is 7.92. The molecule has 11 heteroatoms. The van der Waals surface area contributed by atoms with Gasteiger partial charge in [-0.1, -0.05) is 12.1 Å². The molecule has 2 aromatic heterocycles. The highest BCUT2D eigenvalue weighted by atomic mass is 32.2. The van der Waals surface area contributed by atoms with Crippen LogP contribution < -0.4 is 10.9 Å². The van der Waals surface area contributed by atoms with Crippen molar-refractivity contribution in [2.45, 2.75) is 24.8 Å². The fourth-order valence-corrected chi connectivity index (χ4v) is 3.16. The Morgan fingerprint density at radius 3 is 2.26 bits per heavy atom. The Bertz CT molecular complexity index is 1300. The monoisotopic (exact) mass is 454 g/mol. The predicted octanol–water partition coefficient (Wildman–Crippen LogP) is 3.25. The van der Waals surface area contributed by atoms with Crippen molar-refractivity contribution in [3.8, 4) is 11.1 Å². The van der Waals surface area contributed by atoms with Gasteiger partial charge in [-0.05, 0) is 31.5 Å². The highest BCUT2D eigenvalue weighted by Crippen LogP contribution is 2.33. The second-order valence-corrected chi connectivity index (χ2v) is 10.5. The lowest BCUT2D eigenvalue weighted by Crippen LogP contribution is -2.38. The molecule has 3 aromatic rings. The van der Waals surface area contributed by atoms with E-state index in [0.717, 1.165) is 18.4 Å². The van der Waals surface area contributed by atoms with Crippen LogP contribution in [0.3, 0.4) is 0 Å². The van der Waals surface area contributed by atoms with E-state index in [1.165, 1.54) is 36.3 Å². The molecule has 0 radical (unpaired) electrons. The number of sulfone groups is 1. The maximum Gasteiger partial charge on any atom is 0.416 e. The first kappa shape index (κ1) is 22.7. The maximum atomic E-state index is 12.9. The van der Waals surface area contributed by atoms with Crippen molar-refractivity contribution in [1.82, 2.24) is 14.5 Å². The van der Waals surface area contributed by atoms with Gasteiger partial charge < -0.3 is 9.88 Å². The van der Waals surface area contributed by atoms with Crippen LogP contribution >= 0.6 is 0 Å². The molecule has 0 saturated carbocycles. The first-order chi connectivity index (χ1) is 14.2. The van der Waals surface area contributed by atoms with E-state index in [9.17, 15) is 26.4 Å². The Hall–Kier alpha value is -2.95. The molecule has 31 heavy (non-hydrogen) atoms. The van der Waals surface area contributed by atoms with Crippen LogP contribution in [-0.4, -0.2) is 40.5 Å². The number of benzene rings is 1. The van der Waals surface area contributed by atoms with E-state index in [1.807, 2.05) is 0 Å². The molecule has 1 aromatic carbocycles. The lowest BCUT2D eigenvalue weighted by atomic mass is 10.0. The third-order valence-electron chi connectivity index (χ3n) is 5.15. The molecular weight excluding hydrogens is 433 g/mol. The fourth-order valence-electron chi connectivity index (χ4n) is 2.82. The van der Waals surface area contributed by atoms with Crippen molar-refractivity contribution in [1.29, 1.82) is 0 Å². The Morgan fingerprint density at radius 2 is 1.71 bits per heavy atom. The van der Waals surface area contributed by atoms with Gasteiger partial charge in [-0.25, -0.2) is 18.4 Å². The zero-order valence-corrected chi connectivity index (χ0v) is 18.1. The number of nitrogens with zero attached hydrogens (tertiary/aromatic N) is 3. The minimum absolute atomic E-state index is 0.00833. The van der Waals surface area contributed by atoms with Crippen molar-refractivity contribution in [2.24, 2.45) is 7.05 Å². The summed E-state index contributed by atoms with van der Waals surface area (Å²) in [5.41, 5.74) is -0.175. The summed E-state index contributed by atoms with van der Waals surface area (Å²) in [6.07, 6.45) is -0.642. The van der Waals surface area contributed by atoms with E-state index in [4.69, 9.17) is 0 Å². The number of pyridine rings is 1. The van der Waals surface area contributed by atoms with Crippen LogP contribution in [0.25, 0.3) is 22.0 Å². The zero-order chi connectivity index (χ0) is 23.2. The van der Waals surface area contributed by atoms with Crippen LogP contribution in [-0.2, 0) is 23.1 Å². The second kappa shape index (κ2) is 7.63. The molecule has 2 heterocycles. The summed E-state index contributed by atoms with van der Waals surface area (Å²) in [5.74, 6) is 0.149. The molecule has 3 rings (SSSR count). The highest BCUT2D eigenvalue weighted by Gasteiger charge is 2.31. The summed E-state index contributed by atoms with van der Waals surface area (Å²) < 4.78 is 62.7. The smallest absolute Gasteiger partial charge is 0.368 e. The molecular formula is C20H21F3N4O3S. The lowest BCUT2D eigenvalue weighted by Gasteiger charge is -2.23. The van der Waals surface area contributed by atoms with Crippen LogP contribution in [0.15, 0.2) is 41.6 Å². The largest absolute Gasteiger partial charge is 0.416 e. The van der Waals surface area contributed by atoms with Crippen LogP contribution in [0.4, 0.5) is 19.0 Å². The summed E-state index contributed by atoms with van der Waals surface area (Å²) >= 11 is 0. The van der Waals surface area contributed by atoms with Crippen molar-refractivity contribution in [2.75, 3.05) is 18.1 Å². The molecule has 0 saturated heterocycles. The molecule has 0 atom stereocenters. The molecule has 0 bridgehead atoms. The lowest BCUT2D eigenvalue weighted by molar-refractivity contribution is -0.137.